The fourth-order valence-corrected chi connectivity index (χ4v) is 2.03. The second kappa shape index (κ2) is 9.86. The Bertz CT molecular complexity index is 704. The van der Waals surface area contributed by atoms with Gasteiger partial charge in [0.05, 0.1) is 30.9 Å². The van der Waals surface area contributed by atoms with Gasteiger partial charge in [-0.15, -0.1) is 0 Å². The summed E-state index contributed by atoms with van der Waals surface area (Å²) in [5.74, 6) is -6.33. The van der Waals surface area contributed by atoms with Crippen LogP contribution in [0.15, 0.2) is 12.5 Å². The van der Waals surface area contributed by atoms with E-state index in [1.54, 1.807) is 0 Å². The number of carboxylic acids is 3. The van der Waals surface area contributed by atoms with E-state index in [9.17, 15) is 29.1 Å². The van der Waals surface area contributed by atoms with Crippen molar-refractivity contribution in [3.63, 3.8) is 0 Å². The van der Waals surface area contributed by atoms with Crippen molar-refractivity contribution in [3.8, 4) is 0 Å². The molecule has 0 aliphatic carbocycles. The van der Waals surface area contributed by atoms with Gasteiger partial charge in [0.2, 0.25) is 11.8 Å². The van der Waals surface area contributed by atoms with Crippen molar-refractivity contribution in [1.29, 1.82) is 0 Å². The smallest absolute Gasteiger partial charge is 0.326 e. The molecule has 0 aromatic carbocycles. The molecular weight excluding hydrogens is 366 g/mol. The lowest BCUT2D eigenvalue weighted by Gasteiger charge is -2.21. The third-order valence-corrected chi connectivity index (χ3v) is 3.33. The second-order valence-electron chi connectivity index (χ2n) is 5.53. The van der Waals surface area contributed by atoms with Crippen LogP contribution in [0.1, 0.15) is 18.5 Å². The Balaban J connectivity index is 2.82. The molecule has 0 saturated heterocycles. The number of hydrogen-bond donors (Lipinski definition) is 7. The summed E-state index contributed by atoms with van der Waals surface area (Å²) in [5.41, 5.74) is 5.70. The van der Waals surface area contributed by atoms with Crippen LogP contribution >= 0.6 is 0 Å². The molecule has 0 unspecified atom stereocenters. The van der Waals surface area contributed by atoms with Crippen molar-refractivity contribution in [3.05, 3.63) is 18.2 Å². The number of carbonyl (C=O) groups is 5. The Morgan fingerprint density at radius 1 is 1.00 bits per heavy atom. The van der Waals surface area contributed by atoms with E-state index in [0.717, 1.165) is 0 Å². The van der Waals surface area contributed by atoms with Crippen LogP contribution in [-0.4, -0.2) is 73.1 Å². The number of aliphatic carboxylic acids is 3. The maximum Gasteiger partial charge on any atom is 0.326 e. The molecule has 3 atom stereocenters. The number of rotatable bonds is 11. The van der Waals surface area contributed by atoms with Crippen molar-refractivity contribution in [1.82, 2.24) is 20.6 Å². The molecule has 1 rings (SSSR count). The van der Waals surface area contributed by atoms with Crippen LogP contribution in [0, 0.1) is 0 Å². The first-order valence-electron chi connectivity index (χ1n) is 7.60. The third kappa shape index (κ3) is 7.52. The molecule has 148 valence electrons. The highest BCUT2D eigenvalue weighted by molar-refractivity contribution is 5.94. The highest BCUT2D eigenvalue weighted by Gasteiger charge is 2.30. The number of hydrogen-bond acceptors (Lipinski definition) is 7. The third-order valence-electron chi connectivity index (χ3n) is 3.33. The van der Waals surface area contributed by atoms with Gasteiger partial charge in [-0.2, -0.15) is 0 Å². The summed E-state index contributed by atoms with van der Waals surface area (Å²) in [4.78, 5) is 63.4. The van der Waals surface area contributed by atoms with E-state index in [4.69, 9.17) is 15.9 Å². The summed E-state index contributed by atoms with van der Waals surface area (Å²) in [6.45, 7) is 0. The zero-order valence-electron chi connectivity index (χ0n) is 13.9. The molecule has 1 heterocycles. The van der Waals surface area contributed by atoms with Gasteiger partial charge < -0.3 is 36.7 Å². The number of nitrogens with zero attached hydrogens (tertiary/aromatic N) is 1. The molecule has 2 amide bonds. The Morgan fingerprint density at radius 2 is 1.59 bits per heavy atom. The second-order valence-corrected chi connectivity index (χ2v) is 5.53. The fourth-order valence-electron chi connectivity index (χ4n) is 2.03. The van der Waals surface area contributed by atoms with E-state index in [0.29, 0.717) is 5.69 Å². The van der Waals surface area contributed by atoms with Gasteiger partial charge in [-0.05, 0) is 0 Å². The number of amides is 2. The molecule has 1 aromatic heterocycles. The first-order valence-corrected chi connectivity index (χ1v) is 7.60. The van der Waals surface area contributed by atoms with Crippen LogP contribution in [0.3, 0.4) is 0 Å². The Kier molecular flexibility index (Phi) is 7.88. The quantitative estimate of drug-likeness (QED) is 0.208. The molecular formula is C14H19N5O8. The lowest BCUT2D eigenvalue weighted by Crippen LogP contribution is -2.55. The lowest BCUT2D eigenvalue weighted by atomic mass is 10.1. The van der Waals surface area contributed by atoms with Crippen LogP contribution in [0.5, 0.6) is 0 Å². The van der Waals surface area contributed by atoms with E-state index >= 15 is 0 Å². The van der Waals surface area contributed by atoms with Crippen molar-refractivity contribution < 1.29 is 39.3 Å². The maximum atomic E-state index is 12.3. The predicted octanol–water partition coefficient (Wildman–Crippen LogP) is -2.72. The van der Waals surface area contributed by atoms with Gasteiger partial charge in [-0.3, -0.25) is 19.2 Å². The standard InChI is InChI=1S/C14H19N5O8/c15-7(2-10(20)21)12(24)18-8(3-11(22)23)13(25)19-9(14(26)27)1-6-4-16-5-17-6/h4-5,7-9H,1-3,15H2,(H,16,17)(H,18,24)(H,19,25)(H,20,21)(H,22,23)(H,26,27)/t7-,8-,9-/m0/s1. The van der Waals surface area contributed by atoms with Crippen LogP contribution in [0.25, 0.3) is 0 Å². The Labute approximate surface area is 152 Å². The molecule has 0 aliphatic rings. The first kappa shape index (κ1) is 21.6. The maximum absolute atomic E-state index is 12.3. The van der Waals surface area contributed by atoms with Crippen LogP contribution in [-0.2, 0) is 30.4 Å². The number of carbonyl (C=O) groups excluding carboxylic acids is 2. The van der Waals surface area contributed by atoms with Crippen LogP contribution in [0.4, 0.5) is 0 Å². The van der Waals surface area contributed by atoms with E-state index in [2.05, 4.69) is 15.3 Å². The van der Waals surface area contributed by atoms with Gasteiger partial charge in [-0.25, -0.2) is 9.78 Å². The molecule has 0 radical (unpaired) electrons. The van der Waals surface area contributed by atoms with E-state index in [1.165, 1.54) is 12.5 Å². The average molecular weight is 385 g/mol. The zero-order chi connectivity index (χ0) is 20.6. The zero-order valence-corrected chi connectivity index (χ0v) is 13.9. The average Bonchev–Trinajstić information content (AvgIpc) is 3.05. The Hall–Kier alpha value is -3.48. The number of carboxylic acid groups (broad SMARTS) is 3. The molecule has 0 saturated carbocycles. The van der Waals surface area contributed by atoms with Gasteiger partial charge in [0.25, 0.3) is 0 Å². The van der Waals surface area contributed by atoms with Gasteiger partial charge >= 0.3 is 17.9 Å². The Morgan fingerprint density at radius 3 is 2.07 bits per heavy atom. The van der Waals surface area contributed by atoms with Crippen LogP contribution in [0.2, 0.25) is 0 Å². The SMILES string of the molecule is N[C@@H](CC(=O)O)C(=O)N[C@@H](CC(=O)O)C(=O)N[C@@H](Cc1c[nH]cn1)C(=O)O. The van der Waals surface area contributed by atoms with Gasteiger partial charge in [0, 0.05) is 12.6 Å². The van der Waals surface area contributed by atoms with Crippen molar-refractivity contribution in [2.75, 3.05) is 0 Å². The summed E-state index contributed by atoms with van der Waals surface area (Å²) in [5, 5.41) is 30.9. The normalized spacial score (nSPS) is 13.8. The molecule has 0 aliphatic heterocycles. The summed E-state index contributed by atoms with van der Waals surface area (Å²) in [6, 6.07) is -4.58. The number of H-pyrrole nitrogens is 1. The summed E-state index contributed by atoms with van der Waals surface area (Å²) in [6.07, 6.45) is 0.962. The minimum absolute atomic E-state index is 0.184. The number of nitrogens with one attached hydrogen (secondary N) is 3. The minimum Gasteiger partial charge on any atom is -0.481 e. The van der Waals surface area contributed by atoms with Gasteiger partial charge in [0.1, 0.15) is 12.1 Å². The molecule has 13 nitrogen and oxygen atoms in total. The monoisotopic (exact) mass is 385 g/mol. The summed E-state index contributed by atoms with van der Waals surface area (Å²) >= 11 is 0. The number of nitrogens with two attached hydrogens (primary N) is 1. The van der Waals surface area contributed by atoms with Gasteiger partial charge in [0.15, 0.2) is 0 Å². The molecule has 13 heteroatoms. The fraction of sp³-hybridized carbons (Fsp3) is 0.429. The van der Waals surface area contributed by atoms with E-state index in [-0.39, 0.29) is 6.42 Å². The van der Waals surface area contributed by atoms with Crippen molar-refractivity contribution in [2.45, 2.75) is 37.4 Å². The number of aromatic nitrogens is 2. The van der Waals surface area contributed by atoms with Crippen molar-refractivity contribution in [2.24, 2.45) is 5.73 Å². The highest BCUT2D eigenvalue weighted by atomic mass is 16.4. The molecule has 27 heavy (non-hydrogen) atoms. The van der Waals surface area contributed by atoms with Gasteiger partial charge in [-0.1, -0.05) is 0 Å². The summed E-state index contributed by atoms with van der Waals surface area (Å²) in [7, 11) is 0. The summed E-state index contributed by atoms with van der Waals surface area (Å²) < 4.78 is 0. The minimum atomic E-state index is -1.64. The topological polar surface area (TPSA) is 225 Å². The predicted molar refractivity (Wildman–Crippen MR) is 86.3 cm³/mol. The molecule has 1 aromatic rings. The van der Waals surface area contributed by atoms with E-state index in [1.807, 2.05) is 5.32 Å². The lowest BCUT2D eigenvalue weighted by molar-refractivity contribution is -0.144. The van der Waals surface area contributed by atoms with Crippen molar-refractivity contribution >= 4 is 29.7 Å². The van der Waals surface area contributed by atoms with E-state index < -0.39 is 60.7 Å². The molecule has 0 spiro atoms. The van der Waals surface area contributed by atoms with Crippen LogP contribution < -0.4 is 16.4 Å². The molecule has 0 fully saturated rings. The highest BCUT2D eigenvalue weighted by Crippen LogP contribution is 2.02. The molecule has 8 N–H and O–H groups in total. The number of imidazole rings is 1. The largest absolute Gasteiger partial charge is 0.481 e. The number of aromatic amines is 1. The molecule has 0 bridgehead atoms. The first-order chi connectivity index (χ1) is 12.6.